The van der Waals surface area contributed by atoms with Crippen LogP contribution in [0.5, 0.6) is 0 Å². The van der Waals surface area contributed by atoms with E-state index < -0.39 is 0 Å². The molecule has 0 amide bonds. The fourth-order valence-electron chi connectivity index (χ4n) is 5.57. The number of nitrogens with one attached hydrogen (secondary N) is 1. The van der Waals surface area contributed by atoms with E-state index in [0.717, 1.165) is 84.4 Å². The molecule has 1 aliphatic heterocycles. The van der Waals surface area contributed by atoms with E-state index in [0.29, 0.717) is 6.54 Å². The van der Waals surface area contributed by atoms with E-state index in [2.05, 4.69) is 50.0 Å². The number of piperazine rings is 1. The lowest BCUT2D eigenvalue weighted by Gasteiger charge is -2.39. The highest BCUT2D eigenvalue weighted by Crippen LogP contribution is 2.31. The molecule has 1 aliphatic rings. The summed E-state index contributed by atoms with van der Waals surface area (Å²) in [6.07, 6.45) is 2.67. The Bertz CT molecular complexity index is 1410. The Balaban J connectivity index is 0.00000139. The van der Waals surface area contributed by atoms with Gasteiger partial charge in [0.25, 0.3) is 0 Å². The first kappa shape index (κ1) is 37.3. The van der Waals surface area contributed by atoms with Gasteiger partial charge < -0.3 is 20.7 Å². The molecule has 1 saturated heterocycles. The van der Waals surface area contributed by atoms with Crippen LogP contribution >= 0.6 is 23.2 Å². The second-order valence-electron chi connectivity index (χ2n) is 11.2. The summed E-state index contributed by atoms with van der Waals surface area (Å²) in [6, 6.07) is 24.1. The average molecular weight is 667 g/mol. The van der Waals surface area contributed by atoms with Gasteiger partial charge in [0.15, 0.2) is 0 Å². The molecule has 0 bridgehead atoms. The number of aldehydes is 1. The Kier molecular flexibility index (Phi) is 15.9. The van der Waals surface area contributed by atoms with Crippen molar-refractivity contribution in [3.63, 3.8) is 0 Å². The Morgan fingerprint density at radius 3 is 1.98 bits per heavy atom. The van der Waals surface area contributed by atoms with Crippen LogP contribution in [0.15, 0.2) is 72.8 Å². The second kappa shape index (κ2) is 19.5. The van der Waals surface area contributed by atoms with Gasteiger partial charge >= 0.3 is 0 Å². The zero-order valence-corrected chi connectivity index (χ0v) is 29.3. The minimum atomic E-state index is -0.294. The molecule has 2 heterocycles. The quantitative estimate of drug-likeness (QED) is 0.160. The van der Waals surface area contributed by atoms with Crippen LogP contribution < -0.4 is 11.1 Å². The third kappa shape index (κ3) is 10.7. The Labute approximate surface area is 284 Å². The second-order valence-corrected chi connectivity index (χ2v) is 12.0. The highest BCUT2D eigenvalue weighted by molar-refractivity contribution is 6.30. The molecule has 1 aromatic heterocycles. The SMILES string of the molecule is CC.CN.CN(C)CCCC(C=O)Nc1nc(CN2CCN(C(c3ccc(Cl)cc3)c3ccc(Cl)cc3)CC2)nc2ccccc12. The average Bonchev–Trinajstić information content (AvgIpc) is 3.08. The normalized spacial score (nSPS) is 14.3. The van der Waals surface area contributed by atoms with Crippen molar-refractivity contribution >= 4 is 46.2 Å². The molecule has 1 fully saturated rings. The lowest BCUT2D eigenvalue weighted by molar-refractivity contribution is -0.108. The fourth-order valence-corrected chi connectivity index (χ4v) is 5.82. The zero-order valence-electron chi connectivity index (χ0n) is 27.8. The summed E-state index contributed by atoms with van der Waals surface area (Å²) >= 11 is 12.4. The first-order valence-electron chi connectivity index (χ1n) is 16.1. The summed E-state index contributed by atoms with van der Waals surface area (Å²) < 4.78 is 0. The lowest BCUT2D eigenvalue weighted by atomic mass is 9.96. The maximum Gasteiger partial charge on any atom is 0.145 e. The van der Waals surface area contributed by atoms with E-state index in [1.807, 2.05) is 76.5 Å². The summed E-state index contributed by atoms with van der Waals surface area (Å²) in [6.45, 7) is 9.15. The van der Waals surface area contributed by atoms with Crippen LogP contribution in [-0.2, 0) is 11.3 Å². The largest absolute Gasteiger partial charge is 0.360 e. The predicted molar refractivity (Wildman–Crippen MR) is 194 cm³/mol. The van der Waals surface area contributed by atoms with Gasteiger partial charge in [0.2, 0.25) is 0 Å². The maximum absolute atomic E-state index is 11.9. The number of fused-ring (bicyclic) bond motifs is 1. The number of rotatable bonds is 12. The van der Waals surface area contributed by atoms with Gasteiger partial charge in [0.05, 0.1) is 24.1 Å². The topological polar surface area (TPSA) is 90.6 Å². The monoisotopic (exact) mass is 665 g/mol. The number of nitrogens with zero attached hydrogens (tertiary/aromatic N) is 5. The van der Waals surface area contributed by atoms with Crippen molar-refractivity contribution in [1.29, 1.82) is 0 Å². The van der Waals surface area contributed by atoms with Crippen LogP contribution in [-0.4, -0.2) is 90.9 Å². The van der Waals surface area contributed by atoms with Crippen molar-refractivity contribution in [2.75, 3.05) is 59.2 Å². The van der Waals surface area contributed by atoms with Crippen LogP contribution in [0, 0.1) is 0 Å². The highest BCUT2D eigenvalue weighted by atomic mass is 35.5. The summed E-state index contributed by atoms with van der Waals surface area (Å²) in [7, 11) is 5.59. The zero-order chi connectivity index (χ0) is 33.5. The van der Waals surface area contributed by atoms with Crippen LogP contribution in [0.3, 0.4) is 0 Å². The highest BCUT2D eigenvalue weighted by Gasteiger charge is 2.27. The van der Waals surface area contributed by atoms with Gasteiger partial charge in [-0.1, -0.05) is 73.4 Å². The number of benzene rings is 3. The number of hydrogen-bond acceptors (Lipinski definition) is 8. The molecule has 248 valence electrons. The van der Waals surface area contributed by atoms with E-state index in [-0.39, 0.29) is 12.1 Å². The fraction of sp³-hybridized carbons (Fsp3) is 0.417. The van der Waals surface area contributed by atoms with E-state index in [1.54, 1.807) is 0 Å². The van der Waals surface area contributed by atoms with E-state index in [1.165, 1.54) is 18.2 Å². The third-order valence-corrected chi connectivity index (χ3v) is 8.27. The molecular formula is C36H49Cl2N7O. The van der Waals surface area contributed by atoms with Crippen LogP contribution in [0.25, 0.3) is 10.9 Å². The summed E-state index contributed by atoms with van der Waals surface area (Å²) in [5, 5.41) is 5.80. The molecule has 0 aliphatic carbocycles. The Morgan fingerprint density at radius 2 is 1.43 bits per heavy atom. The molecule has 46 heavy (non-hydrogen) atoms. The van der Waals surface area contributed by atoms with Crippen molar-refractivity contribution < 1.29 is 4.79 Å². The molecule has 10 heteroatoms. The van der Waals surface area contributed by atoms with E-state index in [9.17, 15) is 4.79 Å². The number of para-hydroxylation sites is 1. The molecule has 0 spiro atoms. The van der Waals surface area contributed by atoms with Gasteiger partial charge in [-0.15, -0.1) is 0 Å². The summed E-state index contributed by atoms with van der Waals surface area (Å²) in [5.74, 6) is 1.48. The number of aromatic nitrogens is 2. The van der Waals surface area contributed by atoms with Crippen molar-refractivity contribution in [3.8, 4) is 0 Å². The van der Waals surface area contributed by atoms with Crippen molar-refractivity contribution in [2.45, 2.75) is 45.3 Å². The molecular weight excluding hydrogens is 617 g/mol. The van der Waals surface area contributed by atoms with Crippen LogP contribution in [0.2, 0.25) is 10.0 Å². The van der Waals surface area contributed by atoms with Gasteiger partial charge in [-0.25, -0.2) is 9.97 Å². The van der Waals surface area contributed by atoms with Crippen molar-refractivity contribution in [2.24, 2.45) is 5.73 Å². The Hall–Kier alpha value is -3.11. The van der Waals surface area contributed by atoms with Gasteiger partial charge in [0.1, 0.15) is 17.9 Å². The molecule has 4 aromatic rings. The van der Waals surface area contributed by atoms with Crippen molar-refractivity contribution in [3.05, 3.63) is 99.8 Å². The summed E-state index contributed by atoms with van der Waals surface area (Å²) in [5.41, 5.74) is 7.80. The van der Waals surface area contributed by atoms with Crippen molar-refractivity contribution in [1.82, 2.24) is 24.7 Å². The number of anilines is 1. The molecule has 3 aromatic carbocycles. The molecule has 0 radical (unpaired) electrons. The van der Waals surface area contributed by atoms with Gasteiger partial charge in [-0.05, 0) is 88.1 Å². The van der Waals surface area contributed by atoms with Gasteiger partial charge in [0, 0.05) is 41.6 Å². The minimum absolute atomic E-state index is 0.113. The maximum atomic E-state index is 11.9. The molecule has 1 unspecified atom stereocenters. The third-order valence-electron chi connectivity index (χ3n) is 7.76. The van der Waals surface area contributed by atoms with Gasteiger partial charge in [-0.3, -0.25) is 9.80 Å². The van der Waals surface area contributed by atoms with Crippen LogP contribution in [0.4, 0.5) is 5.82 Å². The standard InChI is InChI=1S/C33H38Cl2N6O.C2H6.CH5N/c1-39(2)17-5-6-28(23-42)36-33-29-7-3-4-8-30(29)37-31(38-33)22-40-18-20-41(21-19-40)32(24-9-13-26(34)14-10-24)25-11-15-27(35)16-12-25;2*1-2/h3-4,7-16,23,28,32H,5-6,17-22H2,1-2H3,(H,36,37,38);1-2H3;2H2,1H3. The number of carbonyl (C=O) groups excluding carboxylic acids is 1. The first-order chi connectivity index (χ1) is 22.4. The number of halogens is 2. The molecule has 0 saturated carbocycles. The molecule has 8 nitrogen and oxygen atoms in total. The first-order valence-corrected chi connectivity index (χ1v) is 16.8. The Morgan fingerprint density at radius 1 is 0.870 bits per heavy atom. The molecule has 3 N–H and O–H groups in total. The van der Waals surface area contributed by atoms with Gasteiger partial charge in [-0.2, -0.15) is 0 Å². The number of hydrogen-bond donors (Lipinski definition) is 2. The van der Waals surface area contributed by atoms with E-state index >= 15 is 0 Å². The van der Waals surface area contributed by atoms with E-state index in [4.69, 9.17) is 33.2 Å². The van der Waals surface area contributed by atoms with Crippen LogP contribution in [0.1, 0.15) is 49.7 Å². The lowest BCUT2D eigenvalue weighted by Crippen LogP contribution is -2.47. The predicted octanol–water partition coefficient (Wildman–Crippen LogP) is 6.77. The number of carbonyl (C=O) groups is 1. The molecule has 1 atom stereocenters. The smallest absolute Gasteiger partial charge is 0.145 e. The summed E-state index contributed by atoms with van der Waals surface area (Å²) in [4.78, 5) is 28.8. The molecule has 5 rings (SSSR count). The minimum Gasteiger partial charge on any atom is -0.360 e. The number of nitrogens with two attached hydrogens (primary N) is 1.